The topological polar surface area (TPSA) is 98.7 Å². The summed E-state index contributed by atoms with van der Waals surface area (Å²) in [5.74, 6) is 1.10. The zero-order valence-electron chi connectivity index (χ0n) is 12.9. The number of carbonyl (C=O) groups is 1. The summed E-state index contributed by atoms with van der Waals surface area (Å²) in [5.41, 5.74) is 7.50. The molecule has 0 aromatic carbocycles. The lowest BCUT2D eigenvalue weighted by atomic mass is 10.3. The number of rotatable bonds is 4. The van der Waals surface area contributed by atoms with E-state index in [1.165, 1.54) is 6.20 Å². The average molecular weight is 320 g/mol. The third kappa shape index (κ3) is 2.83. The number of hydrogen-bond donors (Lipinski definition) is 2. The summed E-state index contributed by atoms with van der Waals surface area (Å²) in [6.45, 7) is 0. The monoisotopic (exact) mass is 320 g/mol. The highest BCUT2D eigenvalue weighted by atomic mass is 16.1. The molecule has 1 aliphatic carbocycles. The normalized spacial score (nSPS) is 13.7. The zero-order valence-corrected chi connectivity index (χ0v) is 12.9. The fraction of sp³-hybridized carbons (Fsp3) is 0.176. The molecule has 24 heavy (non-hydrogen) atoms. The van der Waals surface area contributed by atoms with Gasteiger partial charge in [-0.05, 0) is 37.1 Å². The Balaban J connectivity index is 1.55. The van der Waals surface area contributed by atoms with Gasteiger partial charge in [-0.1, -0.05) is 0 Å². The van der Waals surface area contributed by atoms with Gasteiger partial charge < -0.3 is 15.6 Å². The van der Waals surface area contributed by atoms with Crippen LogP contribution in [0.15, 0.2) is 49.1 Å². The van der Waals surface area contributed by atoms with Crippen LogP contribution in [0.1, 0.15) is 34.9 Å². The first-order chi connectivity index (χ1) is 11.7. The van der Waals surface area contributed by atoms with Crippen molar-refractivity contribution in [3.63, 3.8) is 0 Å². The summed E-state index contributed by atoms with van der Waals surface area (Å²) in [4.78, 5) is 25.2. The molecule has 0 radical (unpaired) electrons. The molecule has 3 heterocycles. The number of nitrogen functional groups attached to an aromatic ring is 1. The van der Waals surface area contributed by atoms with E-state index in [-0.39, 0.29) is 11.6 Å². The maximum atomic E-state index is 12.3. The summed E-state index contributed by atoms with van der Waals surface area (Å²) < 4.78 is 1.83. The molecule has 0 bridgehead atoms. The van der Waals surface area contributed by atoms with E-state index in [1.807, 2.05) is 29.1 Å². The van der Waals surface area contributed by atoms with Crippen molar-refractivity contribution in [1.82, 2.24) is 19.5 Å². The highest BCUT2D eigenvalue weighted by Crippen LogP contribution is 2.38. The predicted molar refractivity (Wildman–Crippen MR) is 89.9 cm³/mol. The van der Waals surface area contributed by atoms with Crippen LogP contribution in [0.3, 0.4) is 0 Å². The van der Waals surface area contributed by atoms with Gasteiger partial charge >= 0.3 is 0 Å². The van der Waals surface area contributed by atoms with Gasteiger partial charge in [-0.3, -0.25) is 9.78 Å². The van der Waals surface area contributed by atoms with E-state index < -0.39 is 0 Å². The van der Waals surface area contributed by atoms with Crippen LogP contribution < -0.4 is 11.1 Å². The molecule has 4 rings (SSSR count). The molecule has 120 valence electrons. The second-order valence-electron chi connectivity index (χ2n) is 5.75. The van der Waals surface area contributed by atoms with E-state index in [0.717, 1.165) is 18.5 Å². The van der Waals surface area contributed by atoms with E-state index >= 15 is 0 Å². The second kappa shape index (κ2) is 5.77. The van der Waals surface area contributed by atoms with Crippen molar-refractivity contribution < 1.29 is 4.79 Å². The van der Waals surface area contributed by atoms with Gasteiger partial charge in [0.25, 0.3) is 5.91 Å². The Morgan fingerprint density at radius 1 is 1.17 bits per heavy atom. The Bertz CT molecular complexity index is 869. The van der Waals surface area contributed by atoms with E-state index in [0.29, 0.717) is 23.2 Å². The van der Waals surface area contributed by atoms with E-state index in [9.17, 15) is 4.79 Å². The fourth-order valence-corrected chi connectivity index (χ4v) is 2.41. The van der Waals surface area contributed by atoms with Crippen molar-refractivity contribution in [2.45, 2.75) is 18.8 Å². The molecule has 7 heteroatoms. The quantitative estimate of drug-likeness (QED) is 0.769. The number of anilines is 2. The van der Waals surface area contributed by atoms with Crippen LogP contribution in [-0.4, -0.2) is 25.4 Å². The largest absolute Gasteiger partial charge is 0.396 e. The smallest absolute Gasteiger partial charge is 0.277 e. The first-order valence-corrected chi connectivity index (χ1v) is 7.74. The van der Waals surface area contributed by atoms with Crippen LogP contribution in [0.5, 0.6) is 0 Å². The van der Waals surface area contributed by atoms with Crippen molar-refractivity contribution in [1.29, 1.82) is 0 Å². The molecule has 7 nitrogen and oxygen atoms in total. The zero-order chi connectivity index (χ0) is 16.5. The molecule has 3 aromatic heterocycles. The molecule has 0 atom stereocenters. The van der Waals surface area contributed by atoms with Crippen LogP contribution in [-0.2, 0) is 0 Å². The maximum absolute atomic E-state index is 12.3. The fourth-order valence-electron chi connectivity index (χ4n) is 2.41. The Morgan fingerprint density at radius 3 is 2.62 bits per heavy atom. The van der Waals surface area contributed by atoms with Gasteiger partial charge in [0.1, 0.15) is 11.5 Å². The Morgan fingerprint density at radius 2 is 1.96 bits per heavy atom. The third-order valence-corrected chi connectivity index (χ3v) is 3.91. The van der Waals surface area contributed by atoms with Crippen LogP contribution in [0, 0.1) is 0 Å². The molecule has 1 fully saturated rings. The number of nitrogens with two attached hydrogens (primary N) is 1. The molecule has 0 saturated heterocycles. The van der Waals surface area contributed by atoms with Crippen LogP contribution >= 0.6 is 0 Å². The van der Waals surface area contributed by atoms with Gasteiger partial charge in [0.05, 0.1) is 17.6 Å². The first-order valence-electron chi connectivity index (χ1n) is 7.74. The molecule has 3 N–H and O–H groups in total. The van der Waals surface area contributed by atoms with Gasteiger partial charge in [-0.25, -0.2) is 9.97 Å². The van der Waals surface area contributed by atoms with Crippen molar-refractivity contribution in [3.05, 3.63) is 60.4 Å². The summed E-state index contributed by atoms with van der Waals surface area (Å²) in [6.07, 6.45) is 9.19. The number of carbonyl (C=O) groups excluding carboxylic acids is 1. The number of pyridine rings is 1. The Hall–Kier alpha value is -3.22. The molecule has 0 unspecified atom stereocenters. The SMILES string of the molecule is Nc1ccc(-n2cccc2)nc1NC(=O)c1cnc(C2CC2)cn1. The highest BCUT2D eigenvalue weighted by molar-refractivity contribution is 6.03. The standard InChI is InChI=1S/C17H16N6O/c18-12-5-6-15(23-7-1-2-8-23)21-16(12)22-17(24)14-10-19-13(9-20-14)11-3-4-11/h1-2,5-11H,3-4,18H2,(H,21,22,24). The maximum Gasteiger partial charge on any atom is 0.277 e. The van der Waals surface area contributed by atoms with Crippen molar-refractivity contribution in [2.24, 2.45) is 0 Å². The van der Waals surface area contributed by atoms with Gasteiger partial charge in [0.2, 0.25) is 0 Å². The minimum Gasteiger partial charge on any atom is -0.396 e. The molecule has 0 aliphatic heterocycles. The Labute approximate surface area is 138 Å². The number of nitrogens with zero attached hydrogens (tertiary/aromatic N) is 4. The van der Waals surface area contributed by atoms with Gasteiger partial charge in [0, 0.05) is 24.5 Å². The number of hydrogen-bond acceptors (Lipinski definition) is 5. The lowest BCUT2D eigenvalue weighted by Crippen LogP contribution is -2.17. The lowest BCUT2D eigenvalue weighted by Gasteiger charge is -2.09. The van der Waals surface area contributed by atoms with Gasteiger partial charge in [0.15, 0.2) is 5.82 Å². The highest BCUT2D eigenvalue weighted by Gasteiger charge is 2.25. The summed E-state index contributed by atoms with van der Waals surface area (Å²) in [6, 6.07) is 7.29. The molecule has 0 spiro atoms. The van der Waals surface area contributed by atoms with Crippen molar-refractivity contribution in [3.8, 4) is 5.82 Å². The lowest BCUT2D eigenvalue weighted by molar-refractivity contribution is 0.102. The van der Waals surface area contributed by atoms with Crippen LogP contribution in [0.25, 0.3) is 5.82 Å². The first kappa shape index (κ1) is 14.4. The second-order valence-corrected chi connectivity index (χ2v) is 5.75. The third-order valence-electron chi connectivity index (χ3n) is 3.91. The van der Waals surface area contributed by atoms with Gasteiger partial charge in [-0.2, -0.15) is 0 Å². The number of amides is 1. The molecular formula is C17H16N6O. The molecule has 1 amide bonds. The predicted octanol–water partition coefficient (Wildman–Crippen LogP) is 2.37. The molecular weight excluding hydrogens is 304 g/mol. The van der Waals surface area contributed by atoms with Crippen LogP contribution in [0.2, 0.25) is 0 Å². The van der Waals surface area contributed by atoms with Crippen molar-refractivity contribution >= 4 is 17.4 Å². The minimum absolute atomic E-state index is 0.243. The van der Waals surface area contributed by atoms with E-state index in [2.05, 4.69) is 20.3 Å². The Kier molecular flexibility index (Phi) is 3.45. The van der Waals surface area contributed by atoms with Crippen molar-refractivity contribution in [2.75, 3.05) is 11.1 Å². The summed E-state index contributed by atoms with van der Waals surface area (Å²) in [5, 5.41) is 2.70. The summed E-state index contributed by atoms with van der Waals surface area (Å²) in [7, 11) is 0. The number of aromatic nitrogens is 4. The van der Waals surface area contributed by atoms with E-state index in [4.69, 9.17) is 5.73 Å². The van der Waals surface area contributed by atoms with E-state index in [1.54, 1.807) is 18.3 Å². The molecule has 1 saturated carbocycles. The minimum atomic E-state index is -0.381. The molecule has 1 aliphatic rings. The molecule has 3 aromatic rings. The van der Waals surface area contributed by atoms with Gasteiger partial charge in [-0.15, -0.1) is 0 Å². The summed E-state index contributed by atoms with van der Waals surface area (Å²) >= 11 is 0. The van der Waals surface area contributed by atoms with Crippen LogP contribution in [0.4, 0.5) is 11.5 Å². The average Bonchev–Trinajstić information content (AvgIpc) is 3.31. The number of nitrogens with one attached hydrogen (secondary N) is 1.